The molecule has 1 N–H and O–H groups in total. The Morgan fingerprint density at radius 1 is 1.27 bits per heavy atom. The number of hydrogen-bond acceptors (Lipinski definition) is 5. The Morgan fingerprint density at radius 3 is 2.70 bits per heavy atom. The summed E-state index contributed by atoms with van der Waals surface area (Å²) in [5.74, 6) is -0.492. The first kappa shape index (κ1) is 25.8. The summed E-state index contributed by atoms with van der Waals surface area (Å²) in [6.07, 6.45) is 18.7. The summed E-state index contributed by atoms with van der Waals surface area (Å²) in [7, 11) is 0. The number of rotatable bonds is 15. The summed E-state index contributed by atoms with van der Waals surface area (Å²) < 4.78 is 4.67. The number of aliphatic hydroxyl groups is 1. The number of ether oxygens (including phenoxy) is 1. The highest BCUT2D eigenvalue weighted by Gasteiger charge is 2.27. The van der Waals surface area contributed by atoms with Crippen molar-refractivity contribution in [2.45, 2.75) is 70.8 Å². The van der Waals surface area contributed by atoms with E-state index in [2.05, 4.69) is 18.2 Å². The normalized spacial score (nSPS) is 20.7. The third kappa shape index (κ3) is 9.97. The van der Waals surface area contributed by atoms with Crippen LogP contribution in [0.5, 0.6) is 0 Å². The lowest BCUT2D eigenvalue weighted by molar-refractivity contribution is -0.145. The zero-order valence-corrected chi connectivity index (χ0v) is 18.3. The number of carbonyl (C=O) groups is 3. The Kier molecular flexibility index (Phi) is 11.9. The van der Waals surface area contributed by atoms with Crippen LogP contribution in [-0.2, 0) is 19.1 Å². The molecule has 1 aliphatic carbocycles. The van der Waals surface area contributed by atoms with Crippen molar-refractivity contribution in [2.75, 3.05) is 6.61 Å². The number of unbranched alkanes of at least 4 members (excludes halogenated alkanes) is 2. The molecule has 30 heavy (non-hydrogen) atoms. The molecule has 0 heterocycles. The molecule has 0 aromatic rings. The number of carbonyl (C=O) groups excluding carboxylic acids is 3. The van der Waals surface area contributed by atoms with Crippen LogP contribution in [0.4, 0.5) is 0 Å². The summed E-state index contributed by atoms with van der Waals surface area (Å²) in [6, 6.07) is 0. The summed E-state index contributed by atoms with van der Waals surface area (Å²) in [4.78, 5) is 34.4. The first-order valence-corrected chi connectivity index (χ1v) is 10.9. The van der Waals surface area contributed by atoms with E-state index < -0.39 is 11.6 Å². The molecule has 0 aromatic carbocycles. The van der Waals surface area contributed by atoms with Gasteiger partial charge in [0, 0.05) is 25.2 Å². The van der Waals surface area contributed by atoms with Crippen LogP contribution in [0.1, 0.15) is 65.2 Å². The highest BCUT2D eigenvalue weighted by molar-refractivity contribution is 5.95. The van der Waals surface area contributed by atoms with Crippen LogP contribution in [0.2, 0.25) is 0 Å². The summed E-state index contributed by atoms with van der Waals surface area (Å²) in [6.45, 7) is 6.97. The van der Waals surface area contributed by atoms with Gasteiger partial charge < -0.3 is 9.84 Å². The van der Waals surface area contributed by atoms with Gasteiger partial charge in [-0.15, -0.1) is 6.58 Å². The molecule has 5 nitrogen and oxygen atoms in total. The van der Waals surface area contributed by atoms with Crippen LogP contribution in [0.25, 0.3) is 0 Å². The molecule has 0 aliphatic heterocycles. The fourth-order valence-corrected chi connectivity index (χ4v) is 3.36. The molecule has 0 fully saturated rings. The van der Waals surface area contributed by atoms with Crippen molar-refractivity contribution < 1.29 is 24.2 Å². The third-order valence-electron chi connectivity index (χ3n) is 5.31. The number of ketones is 2. The molecule has 5 heteroatoms. The Balaban J connectivity index is 2.41. The lowest BCUT2D eigenvalue weighted by atomic mass is 9.88. The van der Waals surface area contributed by atoms with Gasteiger partial charge in [-0.25, -0.2) is 0 Å². The molecular formula is C25H36O5. The molecule has 0 radical (unpaired) electrons. The Morgan fingerprint density at radius 2 is 2.03 bits per heavy atom. The SMILES string of the molecule is C=CC(O)(C/C=C/[C@H]1C=CC(=O)[C@@H]1C/C=C\CCCC(=O)COC(C)=O)CCCC. The van der Waals surface area contributed by atoms with Crippen LogP contribution < -0.4 is 0 Å². The topological polar surface area (TPSA) is 80.7 Å². The predicted octanol–water partition coefficient (Wildman–Crippen LogP) is 4.66. The van der Waals surface area contributed by atoms with Crippen molar-refractivity contribution in [3.05, 3.63) is 49.1 Å². The van der Waals surface area contributed by atoms with Gasteiger partial charge in [-0.2, -0.15) is 0 Å². The van der Waals surface area contributed by atoms with E-state index >= 15 is 0 Å². The Labute approximate surface area is 180 Å². The number of esters is 1. The molecule has 1 unspecified atom stereocenters. The third-order valence-corrected chi connectivity index (χ3v) is 5.31. The minimum atomic E-state index is -0.888. The van der Waals surface area contributed by atoms with Crippen LogP contribution in [0, 0.1) is 11.8 Å². The number of hydrogen-bond donors (Lipinski definition) is 1. The van der Waals surface area contributed by atoms with Crippen molar-refractivity contribution in [2.24, 2.45) is 11.8 Å². The lowest BCUT2D eigenvalue weighted by Crippen LogP contribution is -2.24. The maximum Gasteiger partial charge on any atom is 0.303 e. The van der Waals surface area contributed by atoms with E-state index in [1.807, 2.05) is 30.4 Å². The number of Topliss-reactive ketones (excluding diaryl/α,β-unsaturated/α-hetero) is 1. The standard InChI is InChI=1S/C25H36O5/c1-4-6-17-25(29,5-2)18-11-12-21-15-16-24(28)23(21)14-10-8-7-9-13-22(27)19-30-20(3)26/h5,8,10-12,15-16,21,23,29H,2,4,6-7,9,13-14,17-19H2,1,3H3/b10-8-,12-11+/t21-,23+,25?/m0/s1. The smallest absolute Gasteiger partial charge is 0.303 e. The highest BCUT2D eigenvalue weighted by Crippen LogP contribution is 2.28. The average Bonchev–Trinajstić information content (AvgIpc) is 3.07. The van der Waals surface area contributed by atoms with Gasteiger partial charge in [0.25, 0.3) is 0 Å². The van der Waals surface area contributed by atoms with Gasteiger partial charge in [0.1, 0.15) is 6.61 Å². The van der Waals surface area contributed by atoms with Crippen molar-refractivity contribution in [1.29, 1.82) is 0 Å². The van der Waals surface area contributed by atoms with Gasteiger partial charge in [0.2, 0.25) is 0 Å². The molecule has 1 aliphatic rings. The van der Waals surface area contributed by atoms with E-state index in [0.717, 1.165) is 19.3 Å². The first-order valence-electron chi connectivity index (χ1n) is 10.9. The maximum atomic E-state index is 12.2. The lowest BCUT2D eigenvalue weighted by Gasteiger charge is -2.22. The second-order valence-corrected chi connectivity index (χ2v) is 7.91. The monoisotopic (exact) mass is 416 g/mol. The fourth-order valence-electron chi connectivity index (χ4n) is 3.36. The van der Waals surface area contributed by atoms with Crippen molar-refractivity contribution in [3.63, 3.8) is 0 Å². The Bertz CT molecular complexity index is 673. The van der Waals surface area contributed by atoms with E-state index in [9.17, 15) is 19.5 Å². The minimum Gasteiger partial charge on any atom is -0.458 e. The molecule has 166 valence electrons. The molecule has 0 spiro atoms. The largest absolute Gasteiger partial charge is 0.458 e. The molecule has 1 rings (SSSR count). The van der Waals surface area contributed by atoms with Gasteiger partial charge in [-0.05, 0) is 38.2 Å². The second kappa shape index (κ2) is 13.9. The van der Waals surface area contributed by atoms with Crippen LogP contribution in [0.15, 0.2) is 49.1 Å². The highest BCUT2D eigenvalue weighted by atomic mass is 16.5. The van der Waals surface area contributed by atoms with E-state index in [1.54, 1.807) is 12.2 Å². The van der Waals surface area contributed by atoms with E-state index in [0.29, 0.717) is 32.1 Å². The van der Waals surface area contributed by atoms with Gasteiger partial charge in [-0.3, -0.25) is 14.4 Å². The molecular weight excluding hydrogens is 380 g/mol. The maximum absolute atomic E-state index is 12.2. The number of allylic oxidation sites excluding steroid dienone is 5. The molecule has 0 amide bonds. The zero-order valence-electron chi connectivity index (χ0n) is 18.3. The van der Waals surface area contributed by atoms with Gasteiger partial charge in [0.15, 0.2) is 11.6 Å². The van der Waals surface area contributed by atoms with E-state index in [-0.39, 0.29) is 30.0 Å². The second-order valence-electron chi connectivity index (χ2n) is 7.91. The minimum absolute atomic E-state index is 0.0349. The van der Waals surface area contributed by atoms with Crippen molar-refractivity contribution in [1.82, 2.24) is 0 Å². The van der Waals surface area contributed by atoms with Gasteiger partial charge in [0.05, 0.1) is 5.60 Å². The summed E-state index contributed by atoms with van der Waals surface area (Å²) in [5, 5.41) is 10.6. The molecule has 0 bridgehead atoms. The van der Waals surface area contributed by atoms with Gasteiger partial charge >= 0.3 is 5.97 Å². The quantitative estimate of drug-likeness (QED) is 0.239. The average molecular weight is 417 g/mol. The van der Waals surface area contributed by atoms with E-state index in [4.69, 9.17) is 0 Å². The van der Waals surface area contributed by atoms with Gasteiger partial charge in [-0.1, -0.05) is 56.2 Å². The first-order chi connectivity index (χ1) is 14.3. The molecule has 0 saturated carbocycles. The summed E-state index contributed by atoms with van der Waals surface area (Å²) in [5.41, 5.74) is -0.888. The van der Waals surface area contributed by atoms with Crippen LogP contribution >= 0.6 is 0 Å². The summed E-state index contributed by atoms with van der Waals surface area (Å²) >= 11 is 0. The fraction of sp³-hybridized carbons (Fsp3) is 0.560. The molecule has 0 aromatic heterocycles. The van der Waals surface area contributed by atoms with Crippen LogP contribution in [0.3, 0.4) is 0 Å². The van der Waals surface area contributed by atoms with Crippen molar-refractivity contribution >= 4 is 17.5 Å². The van der Waals surface area contributed by atoms with Crippen molar-refractivity contribution in [3.8, 4) is 0 Å². The zero-order chi connectivity index (χ0) is 22.4. The molecule has 0 saturated heterocycles. The predicted molar refractivity (Wildman–Crippen MR) is 119 cm³/mol. The molecule has 3 atom stereocenters. The van der Waals surface area contributed by atoms with Crippen LogP contribution in [-0.4, -0.2) is 34.9 Å². The van der Waals surface area contributed by atoms with E-state index in [1.165, 1.54) is 6.92 Å². The Hall–Kier alpha value is -2.27.